The Morgan fingerprint density at radius 1 is 0.980 bits per heavy atom. The zero-order valence-corrected chi connectivity index (χ0v) is 29.4. The number of aromatic nitrogens is 4. The highest BCUT2D eigenvalue weighted by Crippen LogP contribution is 2.52. The largest absolute Gasteiger partial charge is 0.444 e. The van der Waals surface area contributed by atoms with E-state index in [1.54, 1.807) is 6.92 Å². The van der Waals surface area contributed by atoms with E-state index in [9.17, 15) is 9.59 Å². The van der Waals surface area contributed by atoms with Crippen molar-refractivity contribution in [1.29, 1.82) is 0 Å². The lowest BCUT2D eigenvalue weighted by molar-refractivity contribution is -0.116. The average molecular weight is 679 g/mol. The van der Waals surface area contributed by atoms with Gasteiger partial charge in [-0.1, -0.05) is 36.4 Å². The Morgan fingerprint density at radius 3 is 2.48 bits per heavy atom. The Morgan fingerprint density at radius 2 is 1.74 bits per heavy atom. The second-order valence-electron chi connectivity index (χ2n) is 15.1. The molecule has 2 aromatic heterocycles. The van der Waals surface area contributed by atoms with Gasteiger partial charge in [0.1, 0.15) is 11.4 Å². The molecule has 2 unspecified atom stereocenters. The first-order valence-corrected chi connectivity index (χ1v) is 17.9. The molecule has 5 heterocycles. The lowest BCUT2D eigenvalue weighted by Crippen LogP contribution is -2.48. The number of rotatable bonds is 4. The number of carbonyl (C=O) groups excluding carboxylic acids is 2. The quantitative estimate of drug-likeness (QED) is 0.260. The molecule has 262 valence electrons. The van der Waals surface area contributed by atoms with Crippen molar-refractivity contribution in [3.8, 4) is 0 Å². The van der Waals surface area contributed by atoms with Gasteiger partial charge in [-0.25, -0.2) is 19.4 Å². The number of fused-ring (bicyclic) bond motifs is 3. The molecule has 2 amide bonds. The standard InChI is InChI=1S/C38H46N8O4/c1-25(47)44-20-21-45(29-14-8-7-13-28(29)44)35-32-34(46(42-35)31-15-9-10-22-49-31)40-30(24-39-32)43-18-16-38(17-19-43)23-26-11-5-6-12-27(26)33(38)41-36(48)50-37(2,3)4/h5-8,11-14,24,31,33H,9-10,15-23H2,1-4H3,(H,41,48). The third-order valence-corrected chi connectivity index (χ3v) is 10.7. The molecular weight excluding hydrogens is 632 g/mol. The van der Waals surface area contributed by atoms with E-state index in [0.29, 0.717) is 25.3 Å². The number of hydrogen-bond donors (Lipinski definition) is 1. The van der Waals surface area contributed by atoms with Crippen LogP contribution in [0.15, 0.2) is 54.7 Å². The third-order valence-electron chi connectivity index (χ3n) is 10.7. The minimum atomic E-state index is -0.572. The molecule has 2 saturated heterocycles. The van der Waals surface area contributed by atoms with Crippen LogP contribution >= 0.6 is 0 Å². The van der Waals surface area contributed by atoms with E-state index in [0.717, 1.165) is 80.1 Å². The summed E-state index contributed by atoms with van der Waals surface area (Å²) in [5, 5.41) is 8.42. The van der Waals surface area contributed by atoms with Gasteiger partial charge in [0, 0.05) is 45.1 Å². The maximum absolute atomic E-state index is 13.1. The lowest BCUT2D eigenvalue weighted by Gasteiger charge is -2.43. The van der Waals surface area contributed by atoms with Gasteiger partial charge >= 0.3 is 6.09 Å². The molecule has 8 rings (SSSR count). The van der Waals surface area contributed by atoms with E-state index >= 15 is 0 Å². The van der Waals surface area contributed by atoms with Gasteiger partial charge in [-0.2, -0.15) is 0 Å². The second kappa shape index (κ2) is 12.6. The number of nitrogens with zero attached hydrogens (tertiary/aromatic N) is 7. The van der Waals surface area contributed by atoms with Crippen LogP contribution in [0.4, 0.5) is 27.8 Å². The molecule has 1 aliphatic carbocycles. The SMILES string of the molecule is CC(=O)N1CCN(c2nn(C3CCCCO3)c3nc(N4CCC5(CC4)Cc4ccccc4C5NC(=O)OC(C)(C)C)cnc23)c2ccccc21. The van der Waals surface area contributed by atoms with Gasteiger partial charge in [-0.15, -0.1) is 5.10 Å². The van der Waals surface area contributed by atoms with E-state index in [1.807, 2.05) is 60.8 Å². The van der Waals surface area contributed by atoms with Crippen LogP contribution < -0.4 is 20.0 Å². The highest BCUT2D eigenvalue weighted by atomic mass is 16.6. The summed E-state index contributed by atoms with van der Waals surface area (Å²) in [5.41, 5.74) is 4.99. The summed E-state index contributed by atoms with van der Waals surface area (Å²) < 4.78 is 13.9. The Bertz CT molecular complexity index is 1920. The van der Waals surface area contributed by atoms with E-state index in [1.165, 1.54) is 11.1 Å². The monoisotopic (exact) mass is 678 g/mol. The van der Waals surface area contributed by atoms with Crippen LogP contribution in [0.2, 0.25) is 0 Å². The van der Waals surface area contributed by atoms with Crippen molar-refractivity contribution in [3.63, 3.8) is 0 Å². The van der Waals surface area contributed by atoms with Crippen LogP contribution in [0.5, 0.6) is 0 Å². The molecule has 50 heavy (non-hydrogen) atoms. The first-order chi connectivity index (χ1) is 24.1. The Hall–Kier alpha value is -4.71. The molecule has 1 spiro atoms. The van der Waals surface area contributed by atoms with Crippen molar-refractivity contribution in [2.24, 2.45) is 5.41 Å². The number of hydrogen-bond acceptors (Lipinski definition) is 9. The third kappa shape index (κ3) is 5.82. The van der Waals surface area contributed by atoms with Crippen molar-refractivity contribution in [1.82, 2.24) is 25.1 Å². The minimum absolute atomic E-state index is 0.0178. The van der Waals surface area contributed by atoms with Crippen LogP contribution in [0.3, 0.4) is 0 Å². The smallest absolute Gasteiger partial charge is 0.408 e. The van der Waals surface area contributed by atoms with Gasteiger partial charge in [0.25, 0.3) is 0 Å². The maximum atomic E-state index is 13.1. The van der Waals surface area contributed by atoms with Gasteiger partial charge in [-0.05, 0) is 82.6 Å². The van der Waals surface area contributed by atoms with Gasteiger partial charge in [0.05, 0.1) is 23.6 Å². The summed E-state index contributed by atoms with van der Waals surface area (Å²) in [4.78, 5) is 42.1. The first-order valence-electron chi connectivity index (χ1n) is 17.9. The van der Waals surface area contributed by atoms with Crippen LogP contribution in [-0.4, -0.2) is 70.1 Å². The molecule has 4 aliphatic rings. The van der Waals surface area contributed by atoms with Crippen molar-refractivity contribution >= 4 is 46.2 Å². The fraction of sp³-hybridized carbons (Fsp3) is 0.500. The fourth-order valence-electron chi connectivity index (χ4n) is 8.34. The van der Waals surface area contributed by atoms with Gasteiger partial charge in [0.2, 0.25) is 5.91 Å². The zero-order chi connectivity index (χ0) is 34.6. The van der Waals surface area contributed by atoms with E-state index in [-0.39, 0.29) is 29.7 Å². The predicted molar refractivity (Wildman–Crippen MR) is 192 cm³/mol. The number of para-hydroxylation sites is 2. The van der Waals surface area contributed by atoms with Crippen molar-refractivity contribution in [2.75, 3.05) is 47.5 Å². The molecule has 0 saturated carbocycles. The number of anilines is 4. The Balaban J connectivity index is 1.10. The molecule has 2 atom stereocenters. The minimum Gasteiger partial charge on any atom is -0.444 e. The number of carbonyl (C=O) groups is 2. The Labute approximate surface area is 292 Å². The molecule has 2 aromatic carbocycles. The molecule has 1 N–H and O–H groups in total. The Kier molecular flexibility index (Phi) is 8.16. The lowest BCUT2D eigenvalue weighted by atomic mass is 9.72. The molecule has 0 radical (unpaired) electrons. The first kappa shape index (κ1) is 32.5. The number of alkyl carbamates (subject to hydrolysis) is 1. The number of benzene rings is 2. The molecule has 0 bridgehead atoms. The van der Waals surface area contributed by atoms with Crippen molar-refractivity contribution < 1.29 is 19.1 Å². The molecule has 12 nitrogen and oxygen atoms in total. The van der Waals surface area contributed by atoms with E-state index < -0.39 is 5.60 Å². The van der Waals surface area contributed by atoms with Crippen LogP contribution in [-0.2, 0) is 20.7 Å². The van der Waals surface area contributed by atoms with Gasteiger partial charge in [-0.3, -0.25) is 4.79 Å². The fourth-order valence-corrected chi connectivity index (χ4v) is 8.34. The maximum Gasteiger partial charge on any atom is 0.408 e. The molecule has 12 heteroatoms. The summed E-state index contributed by atoms with van der Waals surface area (Å²) in [5.74, 6) is 1.55. The number of amides is 2. The summed E-state index contributed by atoms with van der Waals surface area (Å²) >= 11 is 0. The number of ether oxygens (including phenoxy) is 2. The topological polar surface area (TPSA) is 118 Å². The molecule has 3 aliphatic heterocycles. The molecule has 4 aromatic rings. The van der Waals surface area contributed by atoms with Crippen molar-refractivity contribution in [2.45, 2.75) is 84.1 Å². The van der Waals surface area contributed by atoms with Crippen LogP contribution in [0.25, 0.3) is 11.2 Å². The highest BCUT2D eigenvalue weighted by Gasteiger charge is 2.49. The van der Waals surface area contributed by atoms with Crippen molar-refractivity contribution in [3.05, 3.63) is 65.9 Å². The van der Waals surface area contributed by atoms with Crippen LogP contribution in [0.1, 0.15) is 83.2 Å². The zero-order valence-electron chi connectivity index (χ0n) is 29.4. The van der Waals surface area contributed by atoms with E-state index in [4.69, 9.17) is 24.5 Å². The summed E-state index contributed by atoms with van der Waals surface area (Å²) in [6.45, 7) is 10.7. The molecule has 2 fully saturated rings. The number of piperidine rings is 1. The van der Waals surface area contributed by atoms with Gasteiger partial charge < -0.3 is 29.5 Å². The van der Waals surface area contributed by atoms with Gasteiger partial charge in [0.15, 0.2) is 23.2 Å². The molecular formula is C38H46N8O4. The normalized spacial score (nSPS) is 21.6. The van der Waals surface area contributed by atoms with E-state index in [2.05, 4.69) is 39.4 Å². The summed E-state index contributed by atoms with van der Waals surface area (Å²) in [7, 11) is 0. The average Bonchev–Trinajstić information content (AvgIpc) is 3.62. The number of nitrogens with one attached hydrogen (secondary N) is 1. The summed E-state index contributed by atoms with van der Waals surface area (Å²) in [6.07, 6.45) is 6.90. The van der Waals surface area contributed by atoms with Crippen LogP contribution in [0, 0.1) is 5.41 Å². The summed E-state index contributed by atoms with van der Waals surface area (Å²) in [6, 6.07) is 16.3. The predicted octanol–water partition coefficient (Wildman–Crippen LogP) is 6.44. The highest BCUT2D eigenvalue weighted by molar-refractivity contribution is 5.99. The second-order valence-corrected chi connectivity index (χ2v) is 15.1.